The number of para-hydroxylation sites is 1. The summed E-state index contributed by atoms with van der Waals surface area (Å²) in [6, 6.07) is 15.1. The minimum Gasteiger partial charge on any atom is -0.493 e. The minimum absolute atomic E-state index is 0.0150. The molecule has 0 spiro atoms. The Balaban J connectivity index is 1.44. The predicted octanol–water partition coefficient (Wildman–Crippen LogP) is 1.78. The fraction of sp³-hybridized carbons (Fsp3) is 0.417. The number of amides is 2. The number of methoxy groups -OCH3 is 2. The van der Waals surface area contributed by atoms with E-state index < -0.39 is 6.04 Å². The molecule has 2 aromatic rings. The summed E-state index contributed by atoms with van der Waals surface area (Å²) in [5.41, 5.74) is 2.02. The standard InChI is InChI=1S/C24H29N3O5/c1-30-21-9-8-18(14-22(21)31-2)15-27-20(16-32-17-23(27)28)24(29)26-12-10-25(11-13-26)19-6-4-3-5-7-19/h3-9,14,20H,10-13,15-17H2,1-2H3. The molecule has 0 aromatic heterocycles. The predicted molar refractivity (Wildman–Crippen MR) is 120 cm³/mol. The van der Waals surface area contributed by atoms with Gasteiger partial charge in [-0.15, -0.1) is 0 Å². The molecule has 170 valence electrons. The van der Waals surface area contributed by atoms with Crippen molar-refractivity contribution in [2.45, 2.75) is 12.6 Å². The second-order valence-corrected chi connectivity index (χ2v) is 7.89. The second-order valence-electron chi connectivity index (χ2n) is 7.89. The highest BCUT2D eigenvalue weighted by molar-refractivity contribution is 5.89. The number of nitrogens with zero attached hydrogens (tertiary/aromatic N) is 3. The first-order chi connectivity index (χ1) is 15.6. The van der Waals surface area contributed by atoms with Gasteiger partial charge in [-0.05, 0) is 29.8 Å². The molecule has 8 heteroatoms. The van der Waals surface area contributed by atoms with Gasteiger partial charge in [-0.2, -0.15) is 0 Å². The number of carbonyl (C=O) groups is 2. The molecular formula is C24H29N3O5. The van der Waals surface area contributed by atoms with Crippen molar-refractivity contribution < 1.29 is 23.8 Å². The van der Waals surface area contributed by atoms with Crippen molar-refractivity contribution in [3.63, 3.8) is 0 Å². The maximum atomic E-state index is 13.4. The van der Waals surface area contributed by atoms with Gasteiger partial charge in [0.05, 0.1) is 20.8 Å². The summed E-state index contributed by atoms with van der Waals surface area (Å²) in [4.78, 5) is 31.8. The van der Waals surface area contributed by atoms with E-state index in [1.165, 1.54) is 0 Å². The largest absolute Gasteiger partial charge is 0.493 e. The summed E-state index contributed by atoms with van der Waals surface area (Å²) in [5, 5.41) is 0. The van der Waals surface area contributed by atoms with Gasteiger partial charge < -0.3 is 28.9 Å². The molecule has 1 atom stereocenters. The number of rotatable bonds is 6. The average molecular weight is 440 g/mol. The molecule has 2 aliphatic rings. The Morgan fingerprint density at radius 1 is 1.00 bits per heavy atom. The van der Waals surface area contributed by atoms with Crippen LogP contribution in [0.3, 0.4) is 0 Å². The van der Waals surface area contributed by atoms with Gasteiger partial charge in [0.25, 0.3) is 0 Å². The van der Waals surface area contributed by atoms with E-state index in [4.69, 9.17) is 14.2 Å². The Morgan fingerprint density at radius 2 is 1.72 bits per heavy atom. The lowest BCUT2D eigenvalue weighted by Gasteiger charge is -2.41. The van der Waals surface area contributed by atoms with Gasteiger partial charge in [0, 0.05) is 38.4 Å². The van der Waals surface area contributed by atoms with Crippen LogP contribution in [0.15, 0.2) is 48.5 Å². The molecule has 0 saturated carbocycles. The number of hydrogen-bond acceptors (Lipinski definition) is 6. The molecule has 0 radical (unpaired) electrons. The molecule has 4 rings (SSSR count). The molecular weight excluding hydrogens is 410 g/mol. The highest BCUT2D eigenvalue weighted by atomic mass is 16.5. The van der Waals surface area contributed by atoms with Crippen molar-refractivity contribution in [3.8, 4) is 11.5 Å². The third kappa shape index (κ3) is 4.65. The molecule has 8 nitrogen and oxygen atoms in total. The van der Waals surface area contributed by atoms with E-state index >= 15 is 0 Å². The molecule has 0 aliphatic carbocycles. The summed E-state index contributed by atoms with van der Waals surface area (Å²) in [7, 11) is 3.15. The van der Waals surface area contributed by atoms with E-state index in [0.717, 1.165) is 24.3 Å². The Hall–Kier alpha value is -3.26. The zero-order valence-electron chi connectivity index (χ0n) is 18.5. The highest BCUT2D eigenvalue weighted by Crippen LogP contribution is 2.29. The van der Waals surface area contributed by atoms with Gasteiger partial charge in [0.1, 0.15) is 12.6 Å². The summed E-state index contributed by atoms with van der Waals surface area (Å²) in [6.45, 7) is 3.24. The van der Waals surface area contributed by atoms with E-state index in [0.29, 0.717) is 31.1 Å². The van der Waals surface area contributed by atoms with E-state index in [-0.39, 0.29) is 25.0 Å². The van der Waals surface area contributed by atoms with Gasteiger partial charge in [-0.3, -0.25) is 9.59 Å². The Kier molecular flexibility index (Phi) is 6.80. The summed E-state index contributed by atoms with van der Waals surface area (Å²) in [5.74, 6) is 0.956. The summed E-state index contributed by atoms with van der Waals surface area (Å²) < 4.78 is 16.1. The van der Waals surface area contributed by atoms with E-state index in [1.54, 1.807) is 25.2 Å². The van der Waals surface area contributed by atoms with Gasteiger partial charge in [-0.25, -0.2) is 0 Å². The van der Waals surface area contributed by atoms with Crippen molar-refractivity contribution in [1.29, 1.82) is 0 Å². The molecule has 1 unspecified atom stereocenters. The third-order valence-corrected chi connectivity index (χ3v) is 6.00. The van der Waals surface area contributed by atoms with Gasteiger partial charge in [0.2, 0.25) is 11.8 Å². The Labute approximate surface area is 188 Å². The van der Waals surface area contributed by atoms with Crippen LogP contribution >= 0.6 is 0 Å². The SMILES string of the molecule is COc1ccc(CN2C(=O)COCC2C(=O)N2CCN(c3ccccc3)CC2)cc1OC. The lowest BCUT2D eigenvalue weighted by atomic mass is 10.1. The summed E-state index contributed by atoms with van der Waals surface area (Å²) in [6.07, 6.45) is 0. The van der Waals surface area contributed by atoms with Gasteiger partial charge in [-0.1, -0.05) is 24.3 Å². The average Bonchev–Trinajstić information content (AvgIpc) is 2.85. The zero-order valence-corrected chi connectivity index (χ0v) is 18.5. The quantitative estimate of drug-likeness (QED) is 0.683. The van der Waals surface area contributed by atoms with Crippen LogP contribution in [0.5, 0.6) is 11.5 Å². The minimum atomic E-state index is -0.632. The van der Waals surface area contributed by atoms with Crippen molar-refractivity contribution in [3.05, 3.63) is 54.1 Å². The monoisotopic (exact) mass is 439 g/mol. The van der Waals surface area contributed by atoms with Crippen molar-refractivity contribution in [1.82, 2.24) is 9.80 Å². The zero-order chi connectivity index (χ0) is 22.5. The van der Waals surface area contributed by atoms with Gasteiger partial charge in [0.15, 0.2) is 11.5 Å². The van der Waals surface area contributed by atoms with Crippen molar-refractivity contribution in [2.24, 2.45) is 0 Å². The normalized spacial score (nSPS) is 19.1. The first-order valence-corrected chi connectivity index (χ1v) is 10.8. The first kappa shape index (κ1) is 22.0. The number of hydrogen-bond donors (Lipinski definition) is 0. The van der Waals surface area contributed by atoms with Crippen molar-refractivity contribution >= 4 is 17.5 Å². The number of morpholine rings is 1. The summed E-state index contributed by atoms with van der Waals surface area (Å²) >= 11 is 0. The lowest BCUT2D eigenvalue weighted by Crippen LogP contribution is -2.59. The topological polar surface area (TPSA) is 71.5 Å². The fourth-order valence-electron chi connectivity index (χ4n) is 4.22. The molecule has 0 bridgehead atoms. The molecule has 2 aromatic carbocycles. The van der Waals surface area contributed by atoms with Crippen molar-refractivity contribution in [2.75, 3.05) is 58.5 Å². The maximum Gasteiger partial charge on any atom is 0.249 e. The fourth-order valence-corrected chi connectivity index (χ4v) is 4.22. The van der Waals surface area contributed by atoms with Crippen LogP contribution in [-0.4, -0.2) is 81.3 Å². The molecule has 32 heavy (non-hydrogen) atoms. The van der Waals surface area contributed by atoms with Gasteiger partial charge >= 0.3 is 0 Å². The smallest absolute Gasteiger partial charge is 0.249 e. The van der Waals surface area contributed by atoms with E-state index in [2.05, 4.69) is 17.0 Å². The molecule has 2 amide bonds. The maximum absolute atomic E-state index is 13.4. The molecule has 2 fully saturated rings. The van der Waals surface area contributed by atoms with Crippen LogP contribution in [0.25, 0.3) is 0 Å². The van der Waals surface area contributed by atoms with E-state index in [9.17, 15) is 9.59 Å². The Morgan fingerprint density at radius 3 is 2.41 bits per heavy atom. The lowest BCUT2D eigenvalue weighted by molar-refractivity contribution is -0.160. The van der Waals surface area contributed by atoms with Crippen LogP contribution < -0.4 is 14.4 Å². The van der Waals surface area contributed by atoms with Crippen LogP contribution in [0.2, 0.25) is 0 Å². The number of anilines is 1. The third-order valence-electron chi connectivity index (χ3n) is 6.00. The van der Waals surface area contributed by atoms with E-state index in [1.807, 2.05) is 35.2 Å². The number of ether oxygens (including phenoxy) is 3. The molecule has 0 N–H and O–H groups in total. The van der Waals surface area contributed by atoms with Crippen LogP contribution in [-0.2, 0) is 20.9 Å². The number of carbonyl (C=O) groups excluding carboxylic acids is 2. The van der Waals surface area contributed by atoms with Crippen LogP contribution in [0, 0.1) is 0 Å². The van der Waals surface area contributed by atoms with Crippen LogP contribution in [0.1, 0.15) is 5.56 Å². The molecule has 2 heterocycles. The number of benzene rings is 2. The number of piperazine rings is 1. The Bertz CT molecular complexity index is 944. The van der Waals surface area contributed by atoms with Crippen LogP contribution in [0.4, 0.5) is 5.69 Å². The molecule has 2 saturated heterocycles. The highest BCUT2D eigenvalue weighted by Gasteiger charge is 2.37. The second kappa shape index (κ2) is 9.91. The molecule has 2 aliphatic heterocycles. The first-order valence-electron chi connectivity index (χ1n) is 10.8.